The molecule has 3 rings (SSSR count). The van der Waals surface area contributed by atoms with Crippen molar-refractivity contribution < 1.29 is 33.5 Å². The highest BCUT2D eigenvalue weighted by Gasteiger charge is 2.39. The van der Waals surface area contributed by atoms with Crippen molar-refractivity contribution in [2.24, 2.45) is 5.92 Å². The van der Waals surface area contributed by atoms with Gasteiger partial charge in [-0.3, -0.25) is 19.7 Å². The molecule has 2 unspecified atom stereocenters. The number of benzene rings is 2. The van der Waals surface area contributed by atoms with E-state index in [4.69, 9.17) is 18.9 Å². The predicted octanol–water partition coefficient (Wildman–Crippen LogP) is 3.24. The smallest absolute Gasteiger partial charge is 0.317 e. The molecule has 0 fully saturated rings. The molecule has 1 aliphatic rings. The molecule has 0 N–H and O–H groups in total. The molecule has 2 aromatic rings. The van der Waals surface area contributed by atoms with Gasteiger partial charge in [-0.15, -0.1) is 0 Å². The van der Waals surface area contributed by atoms with Gasteiger partial charge in [0.25, 0.3) is 0 Å². The average molecular weight is 429 g/mol. The molecule has 2 atom stereocenters. The topological polar surface area (TPSA) is 114 Å². The molecule has 31 heavy (non-hydrogen) atoms. The Labute approximate surface area is 179 Å². The Hall–Kier alpha value is -3.62. The van der Waals surface area contributed by atoms with Gasteiger partial charge in [0.05, 0.1) is 13.7 Å². The molecule has 0 aliphatic carbocycles. The van der Waals surface area contributed by atoms with Crippen LogP contribution in [-0.4, -0.2) is 43.7 Å². The Balaban J connectivity index is 2.02. The van der Waals surface area contributed by atoms with Gasteiger partial charge in [0.1, 0.15) is 11.7 Å². The number of rotatable bonds is 10. The highest BCUT2D eigenvalue weighted by Crippen LogP contribution is 2.39. The summed E-state index contributed by atoms with van der Waals surface area (Å²) < 4.78 is 21.0. The fraction of sp³-hybridized carbons (Fsp3) is 0.364. The highest BCUT2D eigenvalue weighted by molar-refractivity contribution is 6.09. The molecule has 0 radical (unpaired) electrons. The summed E-state index contributed by atoms with van der Waals surface area (Å²) in [4.78, 5) is 36.9. The van der Waals surface area contributed by atoms with Crippen LogP contribution >= 0.6 is 0 Å². The first kappa shape index (κ1) is 22.1. The lowest BCUT2D eigenvalue weighted by Gasteiger charge is -2.24. The number of Topliss-reactive ketones (excluding diaryl/α,β-unsaturated/α-hetero) is 1. The van der Waals surface area contributed by atoms with Gasteiger partial charge in [-0.05, 0) is 48.9 Å². The zero-order valence-electron chi connectivity index (χ0n) is 17.2. The number of nitrogens with zero attached hydrogens (tertiary/aromatic N) is 1. The van der Waals surface area contributed by atoms with Crippen LogP contribution in [0.2, 0.25) is 0 Å². The van der Waals surface area contributed by atoms with Gasteiger partial charge < -0.3 is 18.9 Å². The fourth-order valence-electron chi connectivity index (χ4n) is 3.53. The van der Waals surface area contributed by atoms with E-state index in [1.54, 1.807) is 49.4 Å². The van der Waals surface area contributed by atoms with Gasteiger partial charge >= 0.3 is 5.97 Å². The molecule has 0 saturated heterocycles. The second-order valence-corrected chi connectivity index (χ2v) is 6.89. The number of ether oxygens (including phenoxy) is 4. The van der Waals surface area contributed by atoms with Crippen LogP contribution in [0.25, 0.3) is 0 Å². The average Bonchev–Trinajstić information content (AvgIpc) is 3.24. The van der Waals surface area contributed by atoms with Crippen LogP contribution in [-0.2, 0) is 9.53 Å². The van der Waals surface area contributed by atoms with E-state index in [1.807, 2.05) is 0 Å². The van der Waals surface area contributed by atoms with Crippen LogP contribution in [0.15, 0.2) is 42.5 Å². The minimum absolute atomic E-state index is 0.0297. The van der Waals surface area contributed by atoms with E-state index < -0.39 is 35.1 Å². The maximum atomic E-state index is 13.4. The van der Waals surface area contributed by atoms with E-state index in [0.29, 0.717) is 22.8 Å². The summed E-state index contributed by atoms with van der Waals surface area (Å²) in [5.41, 5.74) is 0.844. The Morgan fingerprint density at radius 1 is 1.13 bits per heavy atom. The lowest BCUT2D eigenvalue weighted by Crippen LogP contribution is -2.33. The van der Waals surface area contributed by atoms with Crippen molar-refractivity contribution in [1.29, 1.82) is 0 Å². The normalized spacial score (nSPS) is 13.9. The summed E-state index contributed by atoms with van der Waals surface area (Å²) in [7, 11) is 1.51. The van der Waals surface area contributed by atoms with Crippen molar-refractivity contribution in [3.8, 4) is 17.2 Å². The number of hydrogen-bond donors (Lipinski definition) is 0. The number of carbonyl (C=O) groups excluding carboxylic acids is 2. The van der Waals surface area contributed by atoms with E-state index in [1.165, 1.54) is 7.11 Å². The standard InChI is InChI=1S/C22H23NO8/c1-3-29-22(25)20(21(24)14-4-7-16(28-2)8-5-14)17(10-11-23(26)27)15-6-9-18-19(12-15)31-13-30-18/h4-9,12,17,20H,3,10-11,13H2,1-2H3. The van der Waals surface area contributed by atoms with E-state index in [9.17, 15) is 19.7 Å². The maximum absolute atomic E-state index is 13.4. The first-order valence-electron chi connectivity index (χ1n) is 9.80. The van der Waals surface area contributed by atoms with Gasteiger partial charge in [0.15, 0.2) is 17.3 Å². The number of esters is 1. The van der Waals surface area contributed by atoms with Crippen LogP contribution in [0, 0.1) is 16.0 Å². The van der Waals surface area contributed by atoms with E-state index in [0.717, 1.165) is 0 Å². The Morgan fingerprint density at radius 2 is 1.84 bits per heavy atom. The number of methoxy groups -OCH3 is 1. The maximum Gasteiger partial charge on any atom is 0.317 e. The first-order chi connectivity index (χ1) is 14.9. The van der Waals surface area contributed by atoms with Crippen molar-refractivity contribution >= 4 is 11.8 Å². The van der Waals surface area contributed by atoms with Crippen LogP contribution in [0.3, 0.4) is 0 Å². The zero-order chi connectivity index (χ0) is 22.4. The van der Waals surface area contributed by atoms with Crippen molar-refractivity contribution in [2.45, 2.75) is 19.3 Å². The molecule has 9 heteroatoms. The highest BCUT2D eigenvalue weighted by atomic mass is 16.7. The summed E-state index contributed by atoms with van der Waals surface area (Å²) >= 11 is 0. The van der Waals surface area contributed by atoms with Gasteiger partial charge in [0, 0.05) is 22.8 Å². The fourth-order valence-corrected chi connectivity index (χ4v) is 3.53. The number of nitro groups is 1. The van der Waals surface area contributed by atoms with Crippen molar-refractivity contribution in [2.75, 3.05) is 27.1 Å². The molecule has 0 amide bonds. The molecule has 0 bridgehead atoms. The van der Waals surface area contributed by atoms with Gasteiger partial charge in [-0.1, -0.05) is 6.07 Å². The van der Waals surface area contributed by atoms with Crippen LogP contribution in [0.5, 0.6) is 17.2 Å². The lowest BCUT2D eigenvalue weighted by molar-refractivity contribution is -0.481. The summed E-state index contributed by atoms with van der Waals surface area (Å²) in [6.45, 7) is 1.36. The summed E-state index contributed by atoms with van der Waals surface area (Å²) in [5.74, 6) is -1.69. The molecule has 164 valence electrons. The van der Waals surface area contributed by atoms with E-state index in [2.05, 4.69) is 0 Å². The molecule has 9 nitrogen and oxygen atoms in total. The molecule has 0 saturated carbocycles. The third-order valence-electron chi connectivity index (χ3n) is 5.05. The number of hydrogen-bond acceptors (Lipinski definition) is 8. The summed E-state index contributed by atoms with van der Waals surface area (Å²) in [5, 5.41) is 11.1. The SMILES string of the molecule is CCOC(=O)C(C(=O)c1ccc(OC)cc1)C(CC[N+](=O)[O-])c1ccc2c(c1)OCO2. The van der Waals surface area contributed by atoms with Crippen molar-refractivity contribution in [3.05, 3.63) is 63.7 Å². The molecular weight excluding hydrogens is 406 g/mol. The van der Waals surface area contributed by atoms with Gasteiger partial charge in [0.2, 0.25) is 13.3 Å². The third-order valence-corrected chi connectivity index (χ3v) is 5.05. The summed E-state index contributed by atoms with van der Waals surface area (Å²) in [6.07, 6.45) is -0.0297. The van der Waals surface area contributed by atoms with Crippen molar-refractivity contribution in [1.82, 2.24) is 0 Å². The first-order valence-corrected chi connectivity index (χ1v) is 9.80. The van der Waals surface area contributed by atoms with Crippen LogP contribution in [0.4, 0.5) is 0 Å². The lowest BCUT2D eigenvalue weighted by atomic mass is 9.79. The Kier molecular flexibility index (Phi) is 7.07. The van der Waals surface area contributed by atoms with E-state index >= 15 is 0 Å². The van der Waals surface area contributed by atoms with Crippen molar-refractivity contribution in [3.63, 3.8) is 0 Å². The molecule has 0 aromatic heterocycles. The second-order valence-electron chi connectivity index (χ2n) is 6.89. The molecule has 0 spiro atoms. The largest absolute Gasteiger partial charge is 0.497 e. The van der Waals surface area contributed by atoms with Crippen LogP contribution in [0.1, 0.15) is 35.2 Å². The summed E-state index contributed by atoms with van der Waals surface area (Å²) in [6, 6.07) is 11.3. The number of fused-ring (bicyclic) bond motifs is 1. The zero-order valence-corrected chi connectivity index (χ0v) is 17.2. The molecule has 1 aliphatic heterocycles. The molecule has 1 heterocycles. The molecule has 2 aromatic carbocycles. The minimum Gasteiger partial charge on any atom is -0.497 e. The number of carbonyl (C=O) groups is 2. The monoisotopic (exact) mass is 429 g/mol. The Bertz CT molecular complexity index is 956. The predicted molar refractivity (Wildman–Crippen MR) is 109 cm³/mol. The van der Waals surface area contributed by atoms with Crippen LogP contribution < -0.4 is 14.2 Å². The quantitative estimate of drug-likeness (QED) is 0.186. The van der Waals surface area contributed by atoms with Gasteiger partial charge in [-0.2, -0.15) is 0 Å². The second kappa shape index (κ2) is 9.92. The molecular formula is C22H23NO8. The number of ketones is 1. The third kappa shape index (κ3) is 5.11. The Morgan fingerprint density at radius 3 is 2.48 bits per heavy atom. The van der Waals surface area contributed by atoms with Gasteiger partial charge in [-0.25, -0.2) is 0 Å². The minimum atomic E-state index is -1.26. The van der Waals surface area contributed by atoms with E-state index in [-0.39, 0.29) is 25.4 Å².